The van der Waals surface area contributed by atoms with Crippen molar-refractivity contribution in [2.45, 2.75) is 6.42 Å². The van der Waals surface area contributed by atoms with Crippen molar-refractivity contribution < 1.29 is 14.3 Å². The van der Waals surface area contributed by atoms with Crippen LogP contribution in [0.2, 0.25) is 0 Å². The molecule has 1 amide bonds. The Morgan fingerprint density at radius 3 is 2.64 bits per heavy atom. The van der Waals surface area contributed by atoms with Gasteiger partial charge in [-0.15, -0.1) is 6.58 Å². The van der Waals surface area contributed by atoms with E-state index in [2.05, 4.69) is 18.5 Å². The van der Waals surface area contributed by atoms with E-state index < -0.39 is 0 Å². The molecule has 1 aromatic carbocycles. The van der Waals surface area contributed by atoms with Crippen LogP contribution in [-0.4, -0.2) is 62.7 Å². The van der Waals surface area contributed by atoms with E-state index in [1.807, 2.05) is 29.2 Å². The Hall–Kier alpha value is -2.01. The zero-order valence-electron chi connectivity index (χ0n) is 13.4. The minimum Gasteiger partial charge on any atom is -0.493 e. The molecule has 22 heavy (non-hydrogen) atoms. The predicted molar refractivity (Wildman–Crippen MR) is 86.5 cm³/mol. The van der Waals surface area contributed by atoms with E-state index in [9.17, 15) is 4.79 Å². The topological polar surface area (TPSA) is 42.0 Å². The number of rotatable bonds is 6. The molecule has 5 nitrogen and oxygen atoms in total. The van der Waals surface area contributed by atoms with Gasteiger partial charge in [-0.05, 0) is 31.2 Å². The molecule has 0 spiro atoms. The fourth-order valence-corrected chi connectivity index (χ4v) is 2.41. The van der Waals surface area contributed by atoms with Gasteiger partial charge in [0.05, 0.1) is 7.11 Å². The largest absolute Gasteiger partial charge is 0.493 e. The molecule has 0 N–H and O–H groups in total. The van der Waals surface area contributed by atoms with E-state index in [-0.39, 0.29) is 12.5 Å². The van der Waals surface area contributed by atoms with Crippen molar-refractivity contribution >= 4 is 5.91 Å². The molecular weight excluding hydrogens is 280 g/mol. The van der Waals surface area contributed by atoms with Crippen LogP contribution in [0.3, 0.4) is 0 Å². The second kappa shape index (κ2) is 7.84. The molecule has 0 atom stereocenters. The molecular formula is C17H24N2O3. The number of hydrogen-bond donors (Lipinski definition) is 0. The monoisotopic (exact) mass is 304 g/mol. The van der Waals surface area contributed by atoms with Gasteiger partial charge < -0.3 is 19.3 Å². The first-order chi connectivity index (χ1) is 10.6. The molecule has 1 aliphatic heterocycles. The van der Waals surface area contributed by atoms with Crippen molar-refractivity contribution in [1.29, 1.82) is 0 Å². The summed E-state index contributed by atoms with van der Waals surface area (Å²) >= 11 is 0. The fourth-order valence-electron chi connectivity index (χ4n) is 2.41. The van der Waals surface area contributed by atoms with Gasteiger partial charge in [0, 0.05) is 26.2 Å². The second-order valence-corrected chi connectivity index (χ2v) is 5.45. The van der Waals surface area contributed by atoms with Gasteiger partial charge >= 0.3 is 0 Å². The van der Waals surface area contributed by atoms with Crippen molar-refractivity contribution in [3.63, 3.8) is 0 Å². The van der Waals surface area contributed by atoms with Gasteiger partial charge in [0.2, 0.25) is 0 Å². The van der Waals surface area contributed by atoms with Crippen molar-refractivity contribution in [2.24, 2.45) is 0 Å². The van der Waals surface area contributed by atoms with E-state index in [0.29, 0.717) is 11.5 Å². The summed E-state index contributed by atoms with van der Waals surface area (Å²) < 4.78 is 11.0. The average Bonchev–Trinajstić information content (AvgIpc) is 2.54. The summed E-state index contributed by atoms with van der Waals surface area (Å²) in [6.45, 7) is 7.10. The third kappa shape index (κ3) is 4.24. The number of piperazine rings is 1. The van der Waals surface area contributed by atoms with Crippen molar-refractivity contribution in [1.82, 2.24) is 9.80 Å². The minimum absolute atomic E-state index is 0.0188. The molecule has 0 aliphatic carbocycles. The lowest BCUT2D eigenvalue weighted by Gasteiger charge is -2.32. The number of hydrogen-bond acceptors (Lipinski definition) is 4. The van der Waals surface area contributed by atoms with Crippen LogP contribution in [0, 0.1) is 0 Å². The molecule has 120 valence electrons. The molecule has 0 unspecified atom stereocenters. The Morgan fingerprint density at radius 2 is 2.00 bits per heavy atom. The van der Waals surface area contributed by atoms with E-state index >= 15 is 0 Å². The number of allylic oxidation sites excluding steroid dienone is 1. The lowest BCUT2D eigenvalue weighted by atomic mass is 10.1. The maximum Gasteiger partial charge on any atom is 0.260 e. The first kappa shape index (κ1) is 16.4. The molecule has 0 radical (unpaired) electrons. The summed E-state index contributed by atoms with van der Waals surface area (Å²) in [6.07, 6.45) is 2.61. The van der Waals surface area contributed by atoms with Gasteiger partial charge in [-0.2, -0.15) is 0 Å². The number of carbonyl (C=O) groups excluding carboxylic acids is 1. The first-order valence-electron chi connectivity index (χ1n) is 7.51. The quantitative estimate of drug-likeness (QED) is 0.748. The molecule has 1 fully saturated rings. The van der Waals surface area contributed by atoms with Crippen molar-refractivity contribution in [3.8, 4) is 11.5 Å². The SMILES string of the molecule is C=CCc1ccc(OCC(=O)N2CCN(C)CC2)c(OC)c1. The second-order valence-electron chi connectivity index (χ2n) is 5.45. The van der Waals surface area contributed by atoms with Gasteiger partial charge in [-0.25, -0.2) is 0 Å². The van der Waals surface area contributed by atoms with Gasteiger partial charge in [-0.3, -0.25) is 4.79 Å². The minimum atomic E-state index is 0.0188. The third-order valence-corrected chi connectivity index (χ3v) is 3.82. The fraction of sp³-hybridized carbons (Fsp3) is 0.471. The number of amides is 1. The summed E-state index contributed by atoms with van der Waals surface area (Å²) in [4.78, 5) is 16.2. The molecule has 1 aromatic rings. The number of ether oxygens (including phenoxy) is 2. The van der Waals surface area contributed by atoms with Gasteiger partial charge in [0.15, 0.2) is 18.1 Å². The summed E-state index contributed by atoms with van der Waals surface area (Å²) in [5.74, 6) is 1.26. The van der Waals surface area contributed by atoms with Crippen LogP contribution in [0.25, 0.3) is 0 Å². The van der Waals surface area contributed by atoms with Crippen LogP contribution >= 0.6 is 0 Å². The lowest BCUT2D eigenvalue weighted by molar-refractivity contribution is -0.134. The van der Waals surface area contributed by atoms with Crippen LogP contribution in [-0.2, 0) is 11.2 Å². The van der Waals surface area contributed by atoms with E-state index in [0.717, 1.165) is 38.2 Å². The molecule has 5 heteroatoms. The standard InChI is InChI=1S/C17H24N2O3/c1-4-5-14-6-7-15(16(12-14)21-3)22-13-17(20)19-10-8-18(2)9-11-19/h4,6-7,12H,1,5,8-11,13H2,2-3H3. The van der Waals surface area contributed by atoms with Crippen LogP contribution in [0.15, 0.2) is 30.9 Å². The Kier molecular flexibility index (Phi) is 5.83. The Balaban J connectivity index is 1.93. The van der Waals surface area contributed by atoms with E-state index in [1.54, 1.807) is 7.11 Å². The number of nitrogens with zero attached hydrogens (tertiary/aromatic N) is 2. The van der Waals surface area contributed by atoms with Gasteiger partial charge in [0.25, 0.3) is 5.91 Å². The smallest absolute Gasteiger partial charge is 0.260 e. The number of benzene rings is 1. The summed E-state index contributed by atoms with van der Waals surface area (Å²) in [7, 11) is 3.66. The number of methoxy groups -OCH3 is 1. The number of likely N-dealkylation sites (N-methyl/N-ethyl adjacent to an activating group) is 1. The van der Waals surface area contributed by atoms with Crippen LogP contribution < -0.4 is 9.47 Å². The number of carbonyl (C=O) groups is 1. The molecule has 1 heterocycles. The normalized spacial score (nSPS) is 15.5. The molecule has 1 aliphatic rings. The highest BCUT2D eigenvalue weighted by molar-refractivity contribution is 5.78. The van der Waals surface area contributed by atoms with Crippen molar-refractivity contribution in [3.05, 3.63) is 36.4 Å². The Labute approximate surface area is 132 Å². The molecule has 0 saturated carbocycles. The maximum absolute atomic E-state index is 12.2. The zero-order chi connectivity index (χ0) is 15.9. The Morgan fingerprint density at radius 1 is 1.27 bits per heavy atom. The molecule has 1 saturated heterocycles. The summed E-state index contributed by atoms with van der Waals surface area (Å²) in [6, 6.07) is 5.71. The highest BCUT2D eigenvalue weighted by atomic mass is 16.5. The highest BCUT2D eigenvalue weighted by Gasteiger charge is 2.19. The lowest BCUT2D eigenvalue weighted by Crippen LogP contribution is -2.48. The molecule has 2 rings (SSSR count). The highest BCUT2D eigenvalue weighted by Crippen LogP contribution is 2.28. The van der Waals surface area contributed by atoms with Crippen molar-refractivity contribution in [2.75, 3.05) is 46.9 Å². The van der Waals surface area contributed by atoms with Crippen LogP contribution in [0.5, 0.6) is 11.5 Å². The predicted octanol–water partition coefficient (Wildman–Crippen LogP) is 1.58. The van der Waals surface area contributed by atoms with Crippen LogP contribution in [0.1, 0.15) is 5.56 Å². The summed E-state index contributed by atoms with van der Waals surface area (Å²) in [5, 5.41) is 0. The van der Waals surface area contributed by atoms with E-state index in [4.69, 9.17) is 9.47 Å². The summed E-state index contributed by atoms with van der Waals surface area (Å²) in [5.41, 5.74) is 1.10. The average molecular weight is 304 g/mol. The van der Waals surface area contributed by atoms with E-state index in [1.165, 1.54) is 0 Å². The maximum atomic E-state index is 12.2. The van der Waals surface area contributed by atoms with Gasteiger partial charge in [0.1, 0.15) is 0 Å². The third-order valence-electron chi connectivity index (χ3n) is 3.82. The van der Waals surface area contributed by atoms with Gasteiger partial charge in [-0.1, -0.05) is 12.1 Å². The van der Waals surface area contributed by atoms with Crippen LogP contribution in [0.4, 0.5) is 0 Å². The molecule has 0 aromatic heterocycles. The first-order valence-corrected chi connectivity index (χ1v) is 7.51. The Bertz CT molecular complexity index is 523. The zero-order valence-corrected chi connectivity index (χ0v) is 13.4. The molecule has 0 bridgehead atoms.